The van der Waals surface area contributed by atoms with E-state index in [0.29, 0.717) is 29.0 Å². The van der Waals surface area contributed by atoms with Gasteiger partial charge in [0.1, 0.15) is 5.52 Å². The van der Waals surface area contributed by atoms with Crippen LogP contribution in [0.5, 0.6) is 5.75 Å². The van der Waals surface area contributed by atoms with Crippen LogP contribution in [0.1, 0.15) is 13.3 Å². The van der Waals surface area contributed by atoms with Gasteiger partial charge in [0.15, 0.2) is 11.3 Å². The van der Waals surface area contributed by atoms with Gasteiger partial charge in [0.25, 0.3) is 0 Å². The fourth-order valence-corrected chi connectivity index (χ4v) is 2.22. The van der Waals surface area contributed by atoms with Crippen molar-refractivity contribution >= 4 is 22.5 Å². The van der Waals surface area contributed by atoms with Crippen LogP contribution in [0.25, 0.3) is 22.6 Å². The van der Waals surface area contributed by atoms with E-state index in [9.17, 15) is 10.1 Å². The number of nitrogen functional groups attached to an aromatic ring is 1. The first-order valence-electron chi connectivity index (χ1n) is 7.16. The molecular formula is C16H15N3O4. The van der Waals surface area contributed by atoms with E-state index in [1.807, 2.05) is 6.92 Å². The minimum Gasteiger partial charge on any atom is -0.487 e. The lowest BCUT2D eigenvalue weighted by molar-refractivity contribution is -0.385. The third-order valence-electron chi connectivity index (χ3n) is 3.31. The van der Waals surface area contributed by atoms with Crippen molar-refractivity contribution in [3.63, 3.8) is 0 Å². The standard InChI is InChI=1S/C16H15N3O4/c1-2-8-22-13-7-6-10(9-12(13)19(20)21)16-18-15-11(17)4-3-5-14(15)23-16/h3-7,9H,2,8,17H2,1H3. The van der Waals surface area contributed by atoms with Gasteiger partial charge < -0.3 is 14.9 Å². The van der Waals surface area contributed by atoms with Crippen LogP contribution in [0.15, 0.2) is 40.8 Å². The van der Waals surface area contributed by atoms with Gasteiger partial charge in [0.05, 0.1) is 17.2 Å². The van der Waals surface area contributed by atoms with Crippen LogP contribution in [0.3, 0.4) is 0 Å². The van der Waals surface area contributed by atoms with E-state index < -0.39 is 4.92 Å². The van der Waals surface area contributed by atoms with Crippen LogP contribution in [0, 0.1) is 10.1 Å². The van der Waals surface area contributed by atoms with Crippen molar-refractivity contribution in [2.75, 3.05) is 12.3 Å². The number of nitrogens with two attached hydrogens (primary N) is 1. The molecule has 0 atom stereocenters. The summed E-state index contributed by atoms with van der Waals surface area (Å²) in [6.45, 7) is 2.35. The Kier molecular flexibility index (Phi) is 3.84. The third-order valence-corrected chi connectivity index (χ3v) is 3.31. The number of ether oxygens (including phenoxy) is 1. The molecule has 0 aliphatic carbocycles. The Labute approximate surface area is 131 Å². The topological polar surface area (TPSA) is 104 Å². The number of para-hydroxylation sites is 1. The van der Waals surface area contributed by atoms with Crippen LogP contribution < -0.4 is 10.5 Å². The molecule has 3 rings (SSSR count). The van der Waals surface area contributed by atoms with Gasteiger partial charge in [-0.2, -0.15) is 0 Å². The number of rotatable bonds is 5. The Morgan fingerprint density at radius 1 is 1.35 bits per heavy atom. The largest absolute Gasteiger partial charge is 0.487 e. The maximum Gasteiger partial charge on any atom is 0.311 e. The molecule has 118 valence electrons. The molecule has 0 spiro atoms. The van der Waals surface area contributed by atoms with E-state index in [1.54, 1.807) is 30.3 Å². The van der Waals surface area contributed by atoms with Crippen molar-refractivity contribution in [2.24, 2.45) is 0 Å². The number of anilines is 1. The molecule has 7 heteroatoms. The summed E-state index contributed by atoms with van der Waals surface area (Å²) in [4.78, 5) is 15.1. The summed E-state index contributed by atoms with van der Waals surface area (Å²) < 4.78 is 11.0. The first-order chi connectivity index (χ1) is 11.1. The Morgan fingerprint density at radius 2 is 2.17 bits per heavy atom. The van der Waals surface area contributed by atoms with Crippen LogP contribution in [-0.4, -0.2) is 16.5 Å². The summed E-state index contributed by atoms with van der Waals surface area (Å²) in [6.07, 6.45) is 0.767. The predicted octanol–water partition coefficient (Wildman–Crippen LogP) is 3.77. The zero-order valence-electron chi connectivity index (χ0n) is 12.5. The molecule has 0 saturated heterocycles. The molecule has 7 nitrogen and oxygen atoms in total. The molecule has 0 radical (unpaired) electrons. The lowest BCUT2D eigenvalue weighted by atomic mass is 10.2. The number of hydrogen-bond acceptors (Lipinski definition) is 6. The van der Waals surface area contributed by atoms with Gasteiger partial charge in [-0.1, -0.05) is 13.0 Å². The smallest absolute Gasteiger partial charge is 0.311 e. The van der Waals surface area contributed by atoms with Crippen molar-refractivity contribution in [3.8, 4) is 17.2 Å². The highest BCUT2D eigenvalue weighted by atomic mass is 16.6. The van der Waals surface area contributed by atoms with Gasteiger partial charge in [0.2, 0.25) is 5.89 Å². The highest BCUT2D eigenvalue weighted by molar-refractivity contribution is 5.87. The van der Waals surface area contributed by atoms with E-state index >= 15 is 0 Å². The van der Waals surface area contributed by atoms with Crippen LogP contribution in [0.4, 0.5) is 11.4 Å². The molecule has 2 aromatic carbocycles. The molecule has 2 N–H and O–H groups in total. The van der Waals surface area contributed by atoms with Crippen molar-refractivity contribution in [3.05, 3.63) is 46.5 Å². The van der Waals surface area contributed by atoms with Crippen LogP contribution in [-0.2, 0) is 0 Å². The number of hydrogen-bond donors (Lipinski definition) is 1. The molecule has 1 aromatic heterocycles. The van der Waals surface area contributed by atoms with E-state index in [-0.39, 0.29) is 17.3 Å². The minimum absolute atomic E-state index is 0.119. The van der Waals surface area contributed by atoms with Crippen LogP contribution in [0.2, 0.25) is 0 Å². The number of nitro groups is 1. The number of aromatic nitrogens is 1. The SMILES string of the molecule is CCCOc1ccc(-c2nc3c(N)cccc3o2)cc1[N+](=O)[O-]. The maximum absolute atomic E-state index is 11.2. The zero-order chi connectivity index (χ0) is 16.4. The van der Waals surface area contributed by atoms with Gasteiger partial charge >= 0.3 is 5.69 Å². The predicted molar refractivity (Wildman–Crippen MR) is 86.3 cm³/mol. The number of benzene rings is 2. The molecular weight excluding hydrogens is 298 g/mol. The number of oxazole rings is 1. The zero-order valence-corrected chi connectivity index (χ0v) is 12.5. The van der Waals surface area contributed by atoms with Crippen molar-refractivity contribution in [1.29, 1.82) is 0 Å². The van der Waals surface area contributed by atoms with Crippen molar-refractivity contribution in [1.82, 2.24) is 4.98 Å². The second-order valence-electron chi connectivity index (χ2n) is 5.00. The number of nitro benzene ring substituents is 1. The summed E-state index contributed by atoms with van der Waals surface area (Å²) >= 11 is 0. The summed E-state index contributed by atoms with van der Waals surface area (Å²) in [7, 11) is 0. The maximum atomic E-state index is 11.2. The molecule has 0 fully saturated rings. The molecule has 1 heterocycles. The molecule has 0 amide bonds. The van der Waals surface area contributed by atoms with E-state index in [1.165, 1.54) is 6.07 Å². The summed E-state index contributed by atoms with van der Waals surface area (Å²) in [5.74, 6) is 0.513. The highest BCUT2D eigenvalue weighted by Gasteiger charge is 2.19. The first-order valence-corrected chi connectivity index (χ1v) is 7.16. The van der Waals surface area contributed by atoms with E-state index in [4.69, 9.17) is 14.9 Å². The normalized spacial score (nSPS) is 10.8. The summed E-state index contributed by atoms with van der Waals surface area (Å²) in [6, 6.07) is 9.86. The van der Waals surface area contributed by atoms with Crippen molar-refractivity contribution in [2.45, 2.75) is 13.3 Å². The van der Waals surface area contributed by atoms with Gasteiger partial charge in [-0.3, -0.25) is 10.1 Å². The van der Waals surface area contributed by atoms with E-state index in [0.717, 1.165) is 6.42 Å². The molecule has 0 aliphatic heterocycles. The highest BCUT2D eigenvalue weighted by Crippen LogP contribution is 2.34. The van der Waals surface area contributed by atoms with Gasteiger partial charge in [-0.15, -0.1) is 0 Å². The van der Waals surface area contributed by atoms with Crippen molar-refractivity contribution < 1.29 is 14.1 Å². The Bertz CT molecular complexity index is 873. The Morgan fingerprint density at radius 3 is 2.87 bits per heavy atom. The minimum atomic E-state index is -0.481. The fourth-order valence-electron chi connectivity index (χ4n) is 2.22. The lowest BCUT2D eigenvalue weighted by Crippen LogP contribution is -1.99. The Hall–Kier alpha value is -3.09. The van der Waals surface area contributed by atoms with Crippen LogP contribution >= 0.6 is 0 Å². The molecule has 3 aromatic rings. The quantitative estimate of drug-likeness (QED) is 0.436. The third kappa shape index (κ3) is 2.80. The van der Waals surface area contributed by atoms with E-state index in [2.05, 4.69) is 4.98 Å². The number of nitrogens with zero attached hydrogens (tertiary/aromatic N) is 2. The Balaban J connectivity index is 2.06. The van der Waals surface area contributed by atoms with Gasteiger partial charge in [-0.25, -0.2) is 4.98 Å². The molecule has 0 bridgehead atoms. The summed E-state index contributed by atoms with van der Waals surface area (Å²) in [5, 5.41) is 11.2. The monoisotopic (exact) mass is 313 g/mol. The molecule has 23 heavy (non-hydrogen) atoms. The molecule has 0 unspecified atom stereocenters. The lowest BCUT2D eigenvalue weighted by Gasteiger charge is -2.06. The fraction of sp³-hybridized carbons (Fsp3) is 0.188. The van der Waals surface area contributed by atoms with Gasteiger partial charge in [0, 0.05) is 11.6 Å². The number of fused-ring (bicyclic) bond motifs is 1. The molecule has 0 saturated carbocycles. The average molecular weight is 313 g/mol. The first kappa shape index (κ1) is 14.8. The molecule has 0 aliphatic rings. The summed E-state index contributed by atoms with van der Waals surface area (Å²) in [5.41, 5.74) is 7.80. The second-order valence-corrected chi connectivity index (χ2v) is 5.00. The van der Waals surface area contributed by atoms with Gasteiger partial charge in [-0.05, 0) is 30.7 Å². The average Bonchev–Trinajstić information content (AvgIpc) is 2.98. The second kappa shape index (κ2) is 5.96.